The fourth-order valence-electron chi connectivity index (χ4n) is 6.46. The molecule has 0 amide bonds. The van der Waals surface area contributed by atoms with Gasteiger partial charge in [0, 0.05) is 34.4 Å². The highest BCUT2D eigenvalue weighted by molar-refractivity contribution is 7.14. The van der Waals surface area contributed by atoms with Gasteiger partial charge in [-0.15, -0.1) is 0 Å². The van der Waals surface area contributed by atoms with Crippen LogP contribution in [0, 0.1) is 0 Å². The first-order valence-electron chi connectivity index (χ1n) is 13.3. The molecular weight excluding hydrogens is 476 g/mol. The van der Waals surface area contributed by atoms with E-state index in [2.05, 4.69) is 150 Å². The largest absolute Gasteiger partial charge is 0.309 e. The molecule has 38 heavy (non-hydrogen) atoms. The van der Waals surface area contributed by atoms with E-state index in [0.717, 1.165) is 6.42 Å². The van der Waals surface area contributed by atoms with Gasteiger partial charge in [0.1, 0.15) is 0 Å². The number of allylic oxidation sites excluding steroid dienone is 1. The maximum absolute atomic E-state index is 4.73. The van der Waals surface area contributed by atoms with Gasteiger partial charge in [0.15, 0.2) is 8.07 Å². The van der Waals surface area contributed by atoms with Gasteiger partial charge in [-0.05, 0) is 40.2 Å². The molecule has 0 fully saturated rings. The molecular formula is C35H28N2Si. The quantitative estimate of drug-likeness (QED) is 0.186. The lowest BCUT2D eigenvalue weighted by Crippen LogP contribution is -2.70. The Morgan fingerprint density at radius 1 is 0.605 bits per heavy atom. The van der Waals surface area contributed by atoms with Crippen molar-refractivity contribution in [3.05, 3.63) is 146 Å². The zero-order valence-electron chi connectivity index (χ0n) is 21.1. The normalized spacial score (nSPS) is 15.3. The molecule has 0 bridgehead atoms. The molecule has 1 aromatic heterocycles. The molecule has 0 saturated heterocycles. The Kier molecular flexibility index (Phi) is 5.64. The van der Waals surface area contributed by atoms with Gasteiger partial charge in [0.05, 0.1) is 11.0 Å². The number of fused-ring (bicyclic) bond motifs is 3. The van der Waals surface area contributed by atoms with E-state index >= 15 is 0 Å². The molecule has 0 radical (unpaired) electrons. The molecule has 2 heterocycles. The number of aliphatic imine (C=N–C) groups is 1. The number of hydrogen-bond acceptors (Lipinski definition) is 1. The first kappa shape index (κ1) is 22.7. The zero-order chi connectivity index (χ0) is 25.4. The van der Waals surface area contributed by atoms with Gasteiger partial charge in [-0.3, -0.25) is 4.99 Å². The molecule has 6 aromatic rings. The van der Waals surface area contributed by atoms with Crippen LogP contribution in [0.25, 0.3) is 27.5 Å². The number of benzene rings is 5. The fraction of sp³-hybridized carbons (Fsp3) is 0.0571. The van der Waals surface area contributed by atoms with Crippen molar-refractivity contribution < 1.29 is 0 Å². The number of hydrogen-bond donors (Lipinski definition) is 0. The van der Waals surface area contributed by atoms with Crippen molar-refractivity contribution in [2.75, 3.05) is 0 Å². The standard InChI is InChI=1S/C35H28N2Si/c1-4-14-27(15-5-1)37-33-23-11-10-21-31(33)32-22-12-24-34(35(32)37)38(28-16-6-2-7-17-28,29-18-8-3-9-19-29)30-20-13-25-36-26-30/h1-19,21-26,30H,20H2. The van der Waals surface area contributed by atoms with Gasteiger partial charge in [-0.1, -0.05) is 121 Å². The van der Waals surface area contributed by atoms with Crippen molar-refractivity contribution in [3.63, 3.8) is 0 Å². The van der Waals surface area contributed by atoms with E-state index in [4.69, 9.17) is 4.99 Å². The Morgan fingerprint density at radius 2 is 1.21 bits per heavy atom. The van der Waals surface area contributed by atoms with Gasteiger partial charge >= 0.3 is 0 Å². The summed E-state index contributed by atoms with van der Waals surface area (Å²) in [7, 11) is -2.64. The van der Waals surface area contributed by atoms with Gasteiger partial charge in [-0.25, -0.2) is 0 Å². The van der Waals surface area contributed by atoms with Crippen LogP contribution in [0.2, 0.25) is 5.54 Å². The highest BCUT2D eigenvalue weighted by Gasteiger charge is 2.47. The fourth-order valence-corrected chi connectivity index (χ4v) is 11.9. The van der Waals surface area contributed by atoms with Crippen LogP contribution in [-0.2, 0) is 0 Å². The molecule has 0 aliphatic carbocycles. The Hall–Kier alpha value is -4.47. The summed E-state index contributed by atoms with van der Waals surface area (Å²) in [6.07, 6.45) is 7.39. The van der Waals surface area contributed by atoms with E-state index in [0.29, 0.717) is 0 Å². The van der Waals surface area contributed by atoms with Crippen LogP contribution < -0.4 is 15.6 Å². The van der Waals surface area contributed by atoms with E-state index in [1.165, 1.54) is 43.1 Å². The Labute approximate surface area is 224 Å². The second-order valence-electron chi connectivity index (χ2n) is 9.96. The third-order valence-corrected chi connectivity index (χ3v) is 13.2. The molecule has 1 unspecified atom stereocenters. The van der Waals surface area contributed by atoms with Crippen molar-refractivity contribution in [3.8, 4) is 5.69 Å². The number of nitrogens with zero attached hydrogens (tertiary/aromatic N) is 2. The SMILES string of the molecule is C1=CN=CC([Si](c2ccccc2)(c2ccccc2)c2cccc3c4ccccc4n(-c4ccccc4)c23)C1. The summed E-state index contributed by atoms with van der Waals surface area (Å²) >= 11 is 0. The van der Waals surface area contributed by atoms with Crippen LogP contribution >= 0.6 is 0 Å². The van der Waals surface area contributed by atoms with Crippen LogP contribution in [-0.4, -0.2) is 18.9 Å². The van der Waals surface area contributed by atoms with E-state index in [-0.39, 0.29) is 5.54 Å². The lowest BCUT2D eigenvalue weighted by atomic mass is 10.1. The van der Waals surface area contributed by atoms with Gasteiger partial charge < -0.3 is 4.57 Å². The van der Waals surface area contributed by atoms with Crippen LogP contribution in [0.15, 0.2) is 151 Å². The summed E-state index contributed by atoms with van der Waals surface area (Å²) in [6, 6.07) is 49.0. The molecule has 3 heteroatoms. The van der Waals surface area contributed by atoms with Crippen molar-refractivity contribution in [2.24, 2.45) is 4.99 Å². The van der Waals surface area contributed by atoms with Crippen molar-refractivity contribution in [1.82, 2.24) is 4.57 Å². The molecule has 0 N–H and O–H groups in total. The Morgan fingerprint density at radius 3 is 1.87 bits per heavy atom. The van der Waals surface area contributed by atoms with Crippen molar-refractivity contribution in [2.45, 2.75) is 12.0 Å². The minimum absolute atomic E-state index is 0.283. The summed E-state index contributed by atoms with van der Waals surface area (Å²) in [5.41, 5.74) is 4.02. The van der Waals surface area contributed by atoms with Gasteiger partial charge in [0.25, 0.3) is 0 Å². The average molecular weight is 505 g/mol. The number of para-hydroxylation sites is 3. The third-order valence-electron chi connectivity index (χ3n) is 8.00. The zero-order valence-corrected chi connectivity index (χ0v) is 22.1. The average Bonchev–Trinajstić information content (AvgIpc) is 3.35. The second kappa shape index (κ2) is 9.44. The lowest BCUT2D eigenvalue weighted by molar-refractivity contribution is 1.05. The first-order chi connectivity index (χ1) is 18.9. The van der Waals surface area contributed by atoms with E-state index in [9.17, 15) is 0 Å². The molecule has 1 aliphatic heterocycles. The van der Waals surface area contributed by atoms with Gasteiger partial charge in [0.2, 0.25) is 0 Å². The van der Waals surface area contributed by atoms with Crippen LogP contribution in [0.3, 0.4) is 0 Å². The smallest absolute Gasteiger partial charge is 0.159 e. The number of rotatable bonds is 5. The summed E-state index contributed by atoms with van der Waals surface area (Å²) in [5, 5.41) is 6.84. The van der Waals surface area contributed by atoms with E-state index in [1.54, 1.807) is 0 Å². The second-order valence-corrected chi connectivity index (χ2v) is 14.0. The first-order valence-corrected chi connectivity index (χ1v) is 15.3. The maximum Gasteiger partial charge on any atom is 0.159 e. The predicted molar refractivity (Wildman–Crippen MR) is 164 cm³/mol. The van der Waals surface area contributed by atoms with Crippen LogP contribution in [0.1, 0.15) is 6.42 Å². The molecule has 2 nitrogen and oxygen atoms in total. The monoisotopic (exact) mass is 504 g/mol. The molecule has 0 spiro atoms. The Balaban J connectivity index is 1.70. The highest BCUT2D eigenvalue weighted by Crippen LogP contribution is 2.35. The molecule has 182 valence electrons. The van der Waals surface area contributed by atoms with Gasteiger partial charge in [-0.2, -0.15) is 0 Å². The molecule has 1 atom stereocenters. The van der Waals surface area contributed by atoms with Crippen LogP contribution in [0.4, 0.5) is 0 Å². The van der Waals surface area contributed by atoms with E-state index < -0.39 is 8.07 Å². The summed E-state index contributed by atoms with van der Waals surface area (Å²) in [4.78, 5) is 4.73. The molecule has 7 rings (SSSR count). The van der Waals surface area contributed by atoms with Crippen LogP contribution in [0.5, 0.6) is 0 Å². The summed E-state index contributed by atoms with van der Waals surface area (Å²) in [5.74, 6) is 0. The predicted octanol–water partition coefficient (Wildman–Crippen LogP) is 6.61. The maximum atomic E-state index is 4.73. The minimum Gasteiger partial charge on any atom is -0.309 e. The summed E-state index contributed by atoms with van der Waals surface area (Å²) < 4.78 is 2.49. The van der Waals surface area contributed by atoms with Crippen molar-refractivity contribution >= 4 is 51.7 Å². The minimum atomic E-state index is -2.64. The lowest BCUT2D eigenvalue weighted by Gasteiger charge is -2.40. The molecule has 0 saturated carbocycles. The third kappa shape index (κ3) is 3.43. The number of aromatic nitrogens is 1. The Bertz CT molecular complexity index is 1740. The molecule has 1 aliphatic rings. The topological polar surface area (TPSA) is 17.3 Å². The highest BCUT2D eigenvalue weighted by atomic mass is 28.3. The molecule has 5 aromatic carbocycles. The summed E-state index contributed by atoms with van der Waals surface area (Å²) in [6.45, 7) is 0. The van der Waals surface area contributed by atoms with Crippen molar-refractivity contribution in [1.29, 1.82) is 0 Å². The van der Waals surface area contributed by atoms with E-state index in [1.807, 2.05) is 6.20 Å².